The van der Waals surface area contributed by atoms with Gasteiger partial charge in [-0.1, -0.05) is 29.3 Å². The molecular formula is C15H13ClN2O3. The van der Waals surface area contributed by atoms with E-state index < -0.39 is 4.92 Å². The molecule has 0 radical (unpaired) electrons. The van der Waals surface area contributed by atoms with E-state index in [-0.39, 0.29) is 16.6 Å². The van der Waals surface area contributed by atoms with Crippen molar-refractivity contribution in [1.29, 1.82) is 0 Å². The van der Waals surface area contributed by atoms with Crippen LogP contribution in [0.3, 0.4) is 0 Å². The topological polar surface area (TPSA) is 72.2 Å². The van der Waals surface area contributed by atoms with Crippen LogP contribution in [-0.4, -0.2) is 10.8 Å². The van der Waals surface area contributed by atoms with E-state index in [9.17, 15) is 14.9 Å². The lowest BCUT2D eigenvalue weighted by molar-refractivity contribution is -0.384. The number of rotatable bonds is 3. The third-order valence-corrected chi connectivity index (χ3v) is 3.35. The Morgan fingerprint density at radius 1 is 1.19 bits per heavy atom. The lowest BCUT2D eigenvalue weighted by Gasteiger charge is -2.09. The third kappa shape index (κ3) is 3.38. The maximum atomic E-state index is 12.2. The van der Waals surface area contributed by atoms with Crippen LogP contribution >= 0.6 is 11.6 Å². The molecule has 1 N–H and O–H groups in total. The number of carbonyl (C=O) groups is 1. The monoisotopic (exact) mass is 304 g/mol. The number of hydrogen-bond donors (Lipinski definition) is 1. The summed E-state index contributed by atoms with van der Waals surface area (Å²) in [5, 5.41) is 13.4. The summed E-state index contributed by atoms with van der Waals surface area (Å²) in [4.78, 5) is 22.3. The highest BCUT2D eigenvalue weighted by Gasteiger charge is 2.13. The number of halogens is 1. The first kappa shape index (κ1) is 15.0. The van der Waals surface area contributed by atoms with Gasteiger partial charge in [-0.3, -0.25) is 14.9 Å². The fourth-order valence-corrected chi connectivity index (χ4v) is 2.20. The van der Waals surface area contributed by atoms with E-state index in [1.807, 2.05) is 26.0 Å². The zero-order valence-corrected chi connectivity index (χ0v) is 12.3. The number of aryl methyl sites for hydroxylation is 2. The smallest absolute Gasteiger partial charge is 0.271 e. The van der Waals surface area contributed by atoms with Gasteiger partial charge in [0.25, 0.3) is 11.6 Å². The van der Waals surface area contributed by atoms with E-state index in [0.29, 0.717) is 11.3 Å². The highest BCUT2D eigenvalue weighted by molar-refractivity contribution is 6.34. The van der Waals surface area contributed by atoms with Crippen molar-refractivity contribution < 1.29 is 9.72 Å². The molecule has 0 aliphatic rings. The quantitative estimate of drug-likeness (QED) is 0.685. The highest BCUT2D eigenvalue weighted by Crippen LogP contribution is 2.27. The summed E-state index contributed by atoms with van der Waals surface area (Å²) in [5.74, 6) is -0.303. The molecule has 108 valence electrons. The van der Waals surface area contributed by atoms with Crippen LogP contribution in [-0.2, 0) is 0 Å². The van der Waals surface area contributed by atoms with Gasteiger partial charge in [0, 0.05) is 17.7 Å². The first-order valence-corrected chi connectivity index (χ1v) is 6.59. The van der Waals surface area contributed by atoms with E-state index in [1.165, 1.54) is 18.2 Å². The average molecular weight is 305 g/mol. The van der Waals surface area contributed by atoms with Crippen LogP contribution in [0.2, 0.25) is 5.02 Å². The standard InChI is InChI=1S/C15H13ClN2O3/c1-9-3-5-12(10(2)7-9)15(19)17-14-6-4-11(18(20)21)8-13(14)16/h3-8H,1-2H3,(H,17,19). The van der Waals surface area contributed by atoms with Crippen LogP contribution in [0.4, 0.5) is 11.4 Å². The van der Waals surface area contributed by atoms with Gasteiger partial charge < -0.3 is 5.32 Å². The zero-order chi connectivity index (χ0) is 15.6. The van der Waals surface area contributed by atoms with Crippen LogP contribution < -0.4 is 5.32 Å². The van der Waals surface area contributed by atoms with Crippen molar-refractivity contribution in [3.63, 3.8) is 0 Å². The van der Waals surface area contributed by atoms with Gasteiger partial charge in [0.1, 0.15) is 0 Å². The molecule has 21 heavy (non-hydrogen) atoms. The number of nitro groups is 1. The predicted molar refractivity (Wildman–Crippen MR) is 82.0 cm³/mol. The maximum Gasteiger partial charge on any atom is 0.271 e. The van der Waals surface area contributed by atoms with Crippen molar-refractivity contribution in [3.8, 4) is 0 Å². The zero-order valence-electron chi connectivity index (χ0n) is 11.5. The van der Waals surface area contributed by atoms with E-state index in [4.69, 9.17) is 11.6 Å². The molecule has 1 amide bonds. The fraction of sp³-hybridized carbons (Fsp3) is 0.133. The van der Waals surface area contributed by atoms with Crippen molar-refractivity contribution in [2.75, 3.05) is 5.32 Å². The third-order valence-electron chi connectivity index (χ3n) is 3.04. The number of anilines is 1. The summed E-state index contributed by atoms with van der Waals surface area (Å²) < 4.78 is 0. The van der Waals surface area contributed by atoms with E-state index >= 15 is 0 Å². The maximum absolute atomic E-state index is 12.2. The Balaban J connectivity index is 2.25. The number of nitro benzene ring substituents is 1. The van der Waals surface area contributed by atoms with Crippen molar-refractivity contribution in [3.05, 3.63) is 68.2 Å². The molecule has 0 heterocycles. The molecule has 0 saturated carbocycles. The largest absolute Gasteiger partial charge is 0.321 e. The van der Waals surface area contributed by atoms with Crippen LogP contribution in [0.1, 0.15) is 21.5 Å². The summed E-state index contributed by atoms with van der Waals surface area (Å²) in [6.45, 7) is 3.79. The molecule has 2 aromatic rings. The van der Waals surface area contributed by atoms with Crippen molar-refractivity contribution in [1.82, 2.24) is 0 Å². The Kier molecular flexibility index (Phi) is 4.23. The Labute approximate surface area is 126 Å². The summed E-state index contributed by atoms with van der Waals surface area (Å²) in [7, 11) is 0. The molecule has 0 aliphatic carbocycles. The minimum absolute atomic E-state index is 0.121. The first-order valence-electron chi connectivity index (χ1n) is 6.21. The van der Waals surface area contributed by atoms with Gasteiger partial charge in [0.15, 0.2) is 0 Å². The Morgan fingerprint density at radius 3 is 2.48 bits per heavy atom. The molecule has 2 rings (SSSR count). The molecule has 0 unspecified atom stereocenters. The molecule has 0 atom stereocenters. The summed E-state index contributed by atoms with van der Waals surface area (Å²) in [6.07, 6.45) is 0. The van der Waals surface area contributed by atoms with E-state index in [0.717, 1.165) is 11.1 Å². The molecule has 2 aromatic carbocycles. The molecule has 0 fully saturated rings. The van der Waals surface area contributed by atoms with Gasteiger partial charge in [0.2, 0.25) is 0 Å². The number of nitrogens with one attached hydrogen (secondary N) is 1. The van der Waals surface area contributed by atoms with E-state index in [1.54, 1.807) is 6.07 Å². The lowest BCUT2D eigenvalue weighted by Crippen LogP contribution is -2.13. The molecule has 0 saturated heterocycles. The predicted octanol–water partition coefficient (Wildman–Crippen LogP) is 4.12. The number of benzene rings is 2. The lowest BCUT2D eigenvalue weighted by atomic mass is 10.1. The van der Waals surface area contributed by atoms with Gasteiger partial charge in [-0.05, 0) is 31.5 Å². The Morgan fingerprint density at radius 2 is 1.90 bits per heavy atom. The molecule has 5 nitrogen and oxygen atoms in total. The SMILES string of the molecule is Cc1ccc(C(=O)Nc2ccc([N+](=O)[O-])cc2Cl)c(C)c1. The van der Waals surface area contributed by atoms with Crippen LogP contribution in [0.15, 0.2) is 36.4 Å². The summed E-state index contributed by atoms with van der Waals surface area (Å²) in [5.41, 5.74) is 2.68. The number of amides is 1. The number of non-ortho nitro benzene ring substituents is 1. The van der Waals surface area contributed by atoms with Crippen molar-refractivity contribution >= 4 is 28.9 Å². The second-order valence-corrected chi connectivity index (χ2v) is 5.10. The molecule has 6 heteroatoms. The average Bonchev–Trinajstić information content (AvgIpc) is 2.40. The Bertz CT molecular complexity index is 729. The number of carbonyl (C=O) groups excluding carboxylic acids is 1. The fourth-order valence-electron chi connectivity index (χ4n) is 1.98. The highest BCUT2D eigenvalue weighted by atomic mass is 35.5. The molecule has 0 aliphatic heterocycles. The minimum atomic E-state index is -0.540. The van der Waals surface area contributed by atoms with Gasteiger partial charge in [-0.15, -0.1) is 0 Å². The normalized spacial score (nSPS) is 10.2. The van der Waals surface area contributed by atoms with Gasteiger partial charge in [-0.25, -0.2) is 0 Å². The summed E-state index contributed by atoms with van der Waals surface area (Å²) in [6, 6.07) is 9.41. The molecule has 0 spiro atoms. The van der Waals surface area contributed by atoms with Crippen molar-refractivity contribution in [2.24, 2.45) is 0 Å². The van der Waals surface area contributed by atoms with Gasteiger partial charge >= 0.3 is 0 Å². The second kappa shape index (κ2) is 5.93. The van der Waals surface area contributed by atoms with E-state index in [2.05, 4.69) is 5.32 Å². The summed E-state index contributed by atoms with van der Waals surface area (Å²) >= 11 is 5.95. The van der Waals surface area contributed by atoms with Crippen LogP contribution in [0.5, 0.6) is 0 Å². The first-order chi connectivity index (χ1) is 9.88. The molecule has 0 bridgehead atoms. The number of nitrogens with zero attached hydrogens (tertiary/aromatic N) is 1. The van der Waals surface area contributed by atoms with Crippen LogP contribution in [0, 0.1) is 24.0 Å². The van der Waals surface area contributed by atoms with Crippen molar-refractivity contribution in [2.45, 2.75) is 13.8 Å². The van der Waals surface area contributed by atoms with Crippen LogP contribution in [0.25, 0.3) is 0 Å². The molecule has 0 aromatic heterocycles. The second-order valence-electron chi connectivity index (χ2n) is 4.69. The van der Waals surface area contributed by atoms with Gasteiger partial charge in [0.05, 0.1) is 15.6 Å². The minimum Gasteiger partial charge on any atom is -0.321 e. The number of hydrogen-bond acceptors (Lipinski definition) is 3. The Hall–Kier alpha value is -2.40. The van der Waals surface area contributed by atoms with Gasteiger partial charge in [-0.2, -0.15) is 0 Å². The molecular weight excluding hydrogens is 292 g/mol.